The van der Waals surface area contributed by atoms with Gasteiger partial charge < -0.3 is 14.8 Å². The van der Waals surface area contributed by atoms with Gasteiger partial charge in [-0.25, -0.2) is 4.39 Å². The van der Waals surface area contributed by atoms with Gasteiger partial charge in [0.15, 0.2) is 17.6 Å². The molecule has 2 aromatic carbocycles. The number of amides is 1. The van der Waals surface area contributed by atoms with Crippen molar-refractivity contribution in [1.82, 2.24) is 0 Å². The second kappa shape index (κ2) is 7.61. The number of halogens is 1. The number of hydrogen-bond acceptors (Lipinski definition) is 5. The van der Waals surface area contributed by atoms with E-state index >= 15 is 0 Å². The van der Waals surface area contributed by atoms with Crippen LogP contribution in [0.1, 0.15) is 12.5 Å². The summed E-state index contributed by atoms with van der Waals surface area (Å²) in [6.07, 6.45) is -0.986. The highest BCUT2D eigenvalue weighted by Crippen LogP contribution is 2.32. The van der Waals surface area contributed by atoms with Gasteiger partial charge in [-0.1, -0.05) is 6.07 Å². The summed E-state index contributed by atoms with van der Waals surface area (Å²) in [5.74, 6) is -0.649. The number of nitrogens with zero attached hydrogens (tertiary/aromatic N) is 1. The van der Waals surface area contributed by atoms with Crippen LogP contribution in [0.2, 0.25) is 0 Å². The van der Waals surface area contributed by atoms with Crippen molar-refractivity contribution in [2.75, 3.05) is 12.4 Å². The molecule has 0 aliphatic carbocycles. The number of nitrogens with one attached hydrogen (secondary N) is 1. The number of nitro groups is 1. The number of non-ortho nitro benzene ring substituents is 1. The summed E-state index contributed by atoms with van der Waals surface area (Å²) >= 11 is 0. The molecular formula is C17H17FN2O5. The van der Waals surface area contributed by atoms with Gasteiger partial charge in [0.05, 0.1) is 18.1 Å². The zero-order valence-electron chi connectivity index (χ0n) is 13.9. The highest BCUT2D eigenvalue weighted by molar-refractivity contribution is 5.94. The maximum absolute atomic E-state index is 13.5. The van der Waals surface area contributed by atoms with Crippen LogP contribution in [-0.2, 0) is 4.79 Å². The van der Waals surface area contributed by atoms with Crippen LogP contribution in [-0.4, -0.2) is 24.0 Å². The Bertz CT molecular complexity index is 810. The number of carbonyl (C=O) groups excluding carboxylic acids is 1. The summed E-state index contributed by atoms with van der Waals surface area (Å²) in [6, 6.07) is 8.14. The van der Waals surface area contributed by atoms with Crippen molar-refractivity contribution in [2.45, 2.75) is 20.0 Å². The van der Waals surface area contributed by atoms with Gasteiger partial charge in [0, 0.05) is 11.8 Å². The van der Waals surface area contributed by atoms with E-state index in [2.05, 4.69) is 5.32 Å². The minimum atomic E-state index is -0.986. The molecule has 0 radical (unpaired) electrons. The van der Waals surface area contributed by atoms with Crippen LogP contribution in [0.25, 0.3) is 0 Å². The molecule has 0 aromatic heterocycles. The van der Waals surface area contributed by atoms with Crippen molar-refractivity contribution in [3.05, 3.63) is 57.9 Å². The fraction of sp³-hybridized carbons (Fsp3) is 0.235. The molecule has 2 aromatic rings. The lowest BCUT2D eigenvalue weighted by atomic mass is 10.2. The Hall–Kier alpha value is -3.16. The van der Waals surface area contributed by atoms with E-state index in [-0.39, 0.29) is 22.9 Å². The molecule has 132 valence electrons. The van der Waals surface area contributed by atoms with E-state index in [1.807, 2.05) is 0 Å². The fourth-order valence-electron chi connectivity index (χ4n) is 2.03. The predicted octanol–water partition coefficient (Wildman–Crippen LogP) is 3.46. The lowest BCUT2D eigenvalue weighted by molar-refractivity contribution is -0.385. The van der Waals surface area contributed by atoms with Crippen molar-refractivity contribution in [3.63, 3.8) is 0 Å². The molecular weight excluding hydrogens is 331 g/mol. The first kappa shape index (κ1) is 18.2. The summed E-state index contributed by atoms with van der Waals surface area (Å²) in [5, 5.41) is 13.4. The molecule has 1 atom stereocenters. The molecule has 0 fully saturated rings. The average molecular weight is 348 g/mol. The number of carbonyl (C=O) groups is 1. The maximum Gasteiger partial charge on any atom is 0.273 e. The van der Waals surface area contributed by atoms with E-state index in [1.54, 1.807) is 19.1 Å². The molecule has 7 nitrogen and oxygen atoms in total. The van der Waals surface area contributed by atoms with Crippen molar-refractivity contribution in [2.24, 2.45) is 0 Å². The first-order valence-corrected chi connectivity index (χ1v) is 7.38. The monoisotopic (exact) mass is 348 g/mol. The molecule has 0 saturated carbocycles. The third-order valence-electron chi connectivity index (χ3n) is 3.47. The van der Waals surface area contributed by atoms with Crippen LogP contribution in [0.5, 0.6) is 11.5 Å². The van der Waals surface area contributed by atoms with Crippen LogP contribution >= 0.6 is 0 Å². The van der Waals surface area contributed by atoms with Gasteiger partial charge in [0.25, 0.3) is 11.6 Å². The Labute approximate surface area is 143 Å². The Morgan fingerprint density at radius 3 is 2.56 bits per heavy atom. The number of anilines is 1. The summed E-state index contributed by atoms with van der Waals surface area (Å²) in [7, 11) is 1.38. The number of ether oxygens (including phenoxy) is 2. The minimum absolute atomic E-state index is 0.0643. The molecule has 25 heavy (non-hydrogen) atoms. The number of hydrogen-bond donors (Lipinski definition) is 1. The van der Waals surface area contributed by atoms with Gasteiger partial charge in [0.1, 0.15) is 5.82 Å². The Morgan fingerprint density at radius 2 is 1.96 bits per heavy atom. The third kappa shape index (κ3) is 4.43. The normalized spacial score (nSPS) is 11.5. The zero-order chi connectivity index (χ0) is 18.6. The molecule has 1 amide bonds. The smallest absolute Gasteiger partial charge is 0.273 e. The first-order chi connectivity index (χ1) is 11.8. The highest BCUT2D eigenvalue weighted by atomic mass is 19.1. The number of methoxy groups -OCH3 is 1. The summed E-state index contributed by atoms with van der Waals surface area (Å²) in [6.45, 7) is 3.08. The van der Waals surface area contributed by atoms with Crippen LogP contribution in [0, 0.1) is 22.9 Å². The zero-order valence-corrected chi connectivity index (χ0v) is 13.9. The van der Waals surface area contributed by atoms with Gasteiger partial charge in [-0.2, -0.15) is 0 Å². The van der Waals surface area contributed by atoms with E-state index < -0.39 is 22.8 Å². The van der Waals surface area contributed by atoms with Crippen molar-refractivity contribution in [1.29, 1.82) is 0 Å². The second-order valence-electron chi connectivity index (χ2n) is 5.31. The van der Waals surface area contributed by atoms with Gasteiger partial charge in [-0.15, -0.1) is 0 Å². The van der Waals surface area contributed by atoms with Gasteiger partial charge >= 0.3 is 0 Å². The first-order valence-electron chi connectivity index (χ1n) is 7.38. The van der Waals surface area contributed by atoms with E-state index in [4.69, 9.17) is 9.47 Å². The van der Waals surface area contributed by atoms with Gasteiger partial charge in [0.2, 0.25) is 0 Å². The summed E-state index contributed by atoms with van der Waals surface area (Å²) in [4.78, 5) is 22.5. The van der Waals surface area contributed by atoms with Crippen LogP contribution in [0.15, 0.2) is 36.4 Å². The fourth-order valence-corrected chi connectivity index (χ4v) is 2.03. The Morgan fingerprint density at radius 1 is 1.24 bits per heavy atom. The molecule has 0 aliphatic rings. The maximum atomic E-state index is 13.5. The van der Waals surface area contributed by atoms with Crippen LogP contribution < -0.4 is 14.8 Å². The molecule has 0 spiro atoms. The van der Waals surface area contributed by atoms with Crippen molar-refractivity contribution < 1.29 is 23.6 Å². The summed E-state index contributed by atoms with van der Waals surface area (Å²) < 4.78 is 24.1. The molecule has 0 saturated heterocycles. The van der Waals surface area contributed by atoms with Gasteiger partial charge in [-0.3, -0.25) is 14.9 Å². The van der Waals surface area contributed by atoms with E-state index in [1.165, 1.54) is 38.3 Å². The molecule has 2 rings (SSSR count). The van der Waals surface area contributed by atoms with E-state index in [9.17, 15) is 19.3 Å². The quantitative estimate of drug-likeness (QED) is 0.638. The SMILES string of the molecule is COc1ccc([N+](=O)[O-])cc1O[C@H](C)C(=O)Nc1ccc(C)c(F)c1. The summed E-state index contributed by atoms with van der Waals surface area (Å²) in [5.41, 5.74) is 0.558. The largest absolute Gasteiger partial charge is 0.493 e. The average Bonchev–Trinajstić information content (AvgIpc) is 2.57. The molecule has 0 unspecified atom stereocenters. The van der Waals surface area contributed by atoms with E-state index in [0.717, 1.165) is 0 Å². The third-order valence-corrected chi connectivity index (χ3v) is 3.47. The topological polar surface area (TPSA) is 90.7 Å². The van der Waals surface area contributed by atoms with Crippen molar-refractivity contribution in [3.8, 4) is 11.5 Å². The standard InChI is InChI=1S/C17H17FN2O5/c1-10-4-5-12(8-14(10)18)19-17(21)11(2)25-16-9-13(20(22)23)6-7-15(16)24-3/h4-9,11H,1-3H3,(H,19,21)/t11-/m1/s1. The number of aryl methyl sites for hydroxylation is 1. The van der Waals surface area contributed by atoms with Gasteiger partial charge in [-0.05, 0) is 37.6 Å². The van der Waals surface area contributed by atoms with Crippen LogP contribution in [0.3, 0.4) is 0 Å². The Balaban J connectivity index is 2.13. The van der Waals surface area contributed by atoms with Crippen molar-refractivity contribution >= 4 is 17.3 Å². The minimum Gasteiger partial charge on any atom is -0.493 e. The number of benzene rings is 2. The predicted molar refractivity (Wildman–Crippen MR) is 89.5 cm³/mol. The molecule has 8 heteroatoms. The number of rotatable bonds is 6. The lowest BCUT2D eigenvalue weighted by Crippen LogP contribution is -2.30. The lowest BCUT2D eigenvalue weighted by Gasteiger charge is -2.16. The molecule has 0 heterocycles. The number of nitro benzene ring substituents is 1. The molecule has 0 bridgehead atoms. The van der Waals surface area contributed by atoms with E-state index in [0.29, 0.717) is 5.56 Å². The molecule has 0 aliphatic heterocycles. The van der Waals surface area contributed by atoms with Crippen LogP contribution in [0.4, 0.5) is 15.8 Å². The second-order valence-corrected chi connectivity index (χ2v) is 5.31. The Kier molecular flexibility index (Phi) is 5.53. The highest BCUT2D eigenvalue weighted by Gasteiger charge is 2.20. The molecule has 1 N–H and O–H groups in total.